The highest BCUT2D eigenvalue weighted by atomic mass is 35.5. The second-order valence-electron chi connectivity index (χ2n) is 6.30. The molecule has 0 saturated heterocycles. The number of hydrogen-bond donors (Lipinski definition) is 2. The molecule has 0 spiro atoms. The molecule has 3 aromatic rings. The van der Waals surface area contributed by atoms with Crippen LogP contribution in [0.3, 0.4) is 0 Å². The van der Waals surface area contributed by atoms with Crippen LogP contribution >= 0.6 is 23.2 Å². The first-order valence-corrected chi connectivity index (χ1v) is 9.49. The standard InChI is InChI=1S/C20H20Cl2N2O/c21-9-1-11-25-15-5-2-13(3-6-15)19-20-16(8-10-23-19)17-12-14(22)4-7-18(17)24-20/h2-7,12,19,23-24H,1,8-11H2. The monoisotopic (exact) mass is 374 g/mol. The number of aromatic amines is 1. The highest BCUT2D eigenvalue weighted by Crippen LogP contribution is 2.35. The van der Waals surface area contributed by atoms with Crippen molar-refractivity contribution < 1.29 is 4.74 Å². The molecule has 1 aliphatic heterocycles. The van der Waals surface area contributed by atoms with Gasteiger partial charge in [0.1, 0.15) is 5.75 Å². The summed E-state index contributed by atoms with van der Waals surface area (Å²) in [6.07, 6.45) is 1.86. The van der Waals surface area contributed by atoms with Gasteiger partial charge in [-0.15, -0.1) is 11.6 Å². The third-order valence-corrected chi connectivity index (χ3v) is 5.18. The maximum absolute atomic E-state index is 6.19. The fraction of sp³-hybridized carbons (Fsp3) is 0.300. The highest BCUT2D eigenvalue weighted by molar-refractivity contribution is 6.31. The summed E-state index contributed by atoms with van der Waals surface area (Å²) < 4.78 is 5.69. The van der Waals surface area contributed by atoms with Gasteiger partial charge in [-0.25, -0.2) is 0 Å². The Hall–Kier alpha value is -1.68. The Balaban J connectivity index is 1.63. The minimum absolute atomic E-state index is 0.159. The molecule has 0 saturated carbocycles. The van der Waals surface area contributed by atoms with E-state index in [1.807, 2.05) is 18.2 Å². The third kappa shape index (κ3) is 3.37. The summed E-state index contributed by atoms with van der Waals surface area (Å²) in [7, 11) is 0. The molecule has 0 fully saturated rings. The smallest absolute Gasteiger partial charge is 0.119 e. The number of alkyl halides is 1. The summed E-state index contributed by atoms with van der Waals surface area (Å²) in [5, 5.41) is 5.63. The van der Waals surface area contributed by atoms with E-state index in [4.69, 9.17) is 27.9 Å². The second kappa shape index (κ2) is 7.28. The number of benzene rings is 2. The molecule has 1 atom stereocenters. The molecule has 2 heterocycles. The van der Waals surface area contributed by atoms with Crippen molar-refractivity contribution in [2.75, 3.05) is 19.0 Å². The lowest BCUT2D eigenvalue weighted by Gasteiger charge is -2.25. The number of hydrogen-bond acceptors (Lipinski definition) is 2. The number of aromatic nitrogens is 1. The molecule has 2 aromatic carbocycles. The van der Waals surface area contributed by atoms with Gasteiger partial charge >= 0.3 is 0 Å². The van der Waals surface area contributed by atoms with Crippen molar-refractivity contribution >= 4 is 34.1 Å². The number of nitrogens with one attached hydrogen (secondary N) is 2. The van der Waals surface area contributed by atoms with Crippen molar-refractivity contribution in [1.82, 2.24) is 10.3 Å². The van der Waals surface area contributed by atoms with Crippen molar-refractivity contribution in [3.05, 3.63) is 64.3 Å². The predicted molar refractivity (Wildman–Crippen MR) is 104 cm³/mol. The van der Waals surface area contributed by atoms with Gasteiger partial charge in [-0.05, 0) is 54.3 Å². The number of fused-ring (bicyclic) bond motifs is 3. The fourth-order valence-electron chi connectivity index (χ4n) is 3.49. The normalized spacial score (nSPS) is 16.8. The van der Waals surface area contributed by atoms with Gasteiger partial charge in [-0.2, -0.15) is 0 Å². The average molecular weight is 375 g/mol. The highest BCUT2D eigenvalue weighted by Gasteiger charge is 2.25. The van der Waals surface area contributed by atoms with Crippen molar-refractivity contribution in [3.8, 4) is 5.75 Å². The van der Waals surface area contributed by atoms with Crippen molar-refractivity contribution in [2.24, 2.45) is 0 Å². The second-order valence-corrected chi connectivity index (χ2v) is 7.12. The molecule has 5 heteroatoms. The fourth-order valence-corrected chi connectivity index (χ4v) is 3.77. The molecule has 1 aromatic heterocycles. The van der Waals surface area contributed by atoms with E-state index in [2.05, 4.69) is 34.6 Å². The summed E-state index contributed by atoms with van der Waals surface area (Å²) in [4.78, 5) is 3.58. The summed E-state index contributed by atoms with van der Waals surface area (Å²) in [5.74, 6) is 1.50. The van der Waals surface area contributed by atoms with Crippen LogP contribution in [0.2, 0.25) is 5.02 Å². The maximum atomic E-state index is 6.19. The van der Waals surface area contributed by atoms with Crippen LogP contribution in [0, 0.1) is 0 Å². The van der Waals surface area contributed by atoms with Crippen LogP contribution in [0.15, 0.2) is 42.5 Å². The van der Waals surface area contributed by atoms with Gasteiger partial charge in [0.25, 0.3) is 0 Å². The first-order chi connectivity index (χ1) is 12.3. The van der Waals surface area contributed by atoms with Gasteiger partial charge < -0.3 is 15.0 Å². The van der Waals surface area contributed by atoms with Crippen molar-refractivity contribution in [3.63, 3.8) is 0 Å². The molecule has 0 radical (unpaired) electrons. The van der Waals surface area contributed by atoms with E-state index in [0.717, 1.165) is 35.7 Å². The van der Waals surface area contributed by atoms with E-state index >= 15 is 0 Å². The minimum atomic E-state index is 0.159. The van der Waals surface area contributed by atoms with Gasteiger partial charge in [0, 0.05) is 34.0 Å². The first-order valence-electron chi connectivity index (χ1n) is 8.58. The molecular weight excluding hydrogens is 355 g/mol. The van der Waals surface area contributed by atoms with E-state index in [0.29, 0.717) is 12.5 Å². The maximum Gasteiger partial charge on any atom is 0.119 e. The van der Waals surface area contributed by atoms with Gasteiger partial charge in [0.2, 0.25) is 0 Å². The van der Waals surface area contributed by atoms with Crippen LogP contribution in [0.25, 0.3) is 10.9 Å². The predicted octanol–water partition coefficient (Wildman–Crippen LogP) is 5.06. The quantitative estimate of drug-likeness (QED) is 0.483. The Morgan fingerprint density at radius 1 is 1.12 bits per heavy atom. The average Bonchev–Trinajstić information content (AvgIpc) is 3.00. The third-order valence-electron chi connectivity index (χ3n) is 4.67. The molecule has 0 bridgehead atoms. The Morgan fingerprint density at radius 3 is 2.76 bits per heavy atom. The molecular formula is C20H20Cl2N2O. The minimum Gasteiger partial charge on any atom is -0.494 e. The van der Waals surface area contributed by atoms with Gasteiger partial charge in [-0.3, -0.25) is 0 Å². The lowest BCUT2D eigenvalue weighted by Crippen LogP contribution is -2.30. The van der Waals surface area contributed by atoms with E-state index in [1.165, 1.54) is 22.2 Å². The van der Waals surface area contributed by atoms with Crippen molar-refractivity contribution in [1.29, 1.82) is 0 Å². The van der Waals surface area contributed by atoms with E-state index in [1.54, 1.807) is 0 Å². The zero-order chi connectivity index (χ0) is 17.2. The number of halogens is 2. The summed E-state index contributed by atoms with van der Waals surface area (Å²) in [6.45, 7) is 1.60. The van der Waals surface area contributed by atoms with Crippen LogP contribution in [0.4, 0.5) is 0 Å². The van der Waals surface area contributed by atoms with Gasteiger partial charge in [0.15, 0.2) is 0 Å². The van der Waals surface area contributed by atoms with Crippen LogP contribution in [-0.4, -0.2) is 24.0 Å². The zero-order valence-electron chi connectivity index (χ0n) is 13.8. The molecule has 25 heavy (non-hydrogen) atoms. The van der Waals surface area contributed by atoms with Gasteiger partial charge in [-0.1, -0.05) is 23.7 Å². The largest absolute Gasteiger partial charge is 0.494 e. The number of ether oxygens (including phenoxy) is 1. The SMILES string of the molecule is ClCCCOc1ccc(C2NCCc3c2[nH]c2ccc(Cl)cc32)cc1. The van der Waals surface area contributed by atoms with E-state index in [9.17, 15) is 0 Å². The Bertz CT molecular complexity index is 873. The molecule has 4 rings (SSSR count). The van der Waals surface area contributed by atoms with Crippen molar-refractivity contribution in [2.45, 2.75) is 18.9 Å². The Labute approximate surface area is 157 Å². The molecule has 2 N–H and O–H groups in total. The topological polar surface area (TPSA) is 37.0 Å². The summed E-state index contributed by atoms with van der Waals surface area (Å²) in [6, 6.07) is 14.5. The number of H-pyrrole nitrogens is 1. The van der Waals surface area contributed by atoms with Crippen LogP contribution < -0.4 is 10.1 Å². The van der Waals surface area contributed by atoms with Gasteiger partial charge in [0.05, 0.1) is 12.6 Å². The summed E-state index contributed by atoms with van der Waals surface area (Å²) in [5.41, 5.74) is 4.97. The molecule has 130 valence electrons. The number of rotatable bonds is 5. The lowest BCUT2D eigenvalue weighted by molar-refractivity contribution is 0.318. The molecule has 1 unspecified atom stereocenters. The lowest BCUT2D eigenvalue weighted by atomic mass is 9.94. The Morgan fingerprint density at radius 2 is 1.96 bits per heavy atom. The van der Waals surface area contributed by atoms with E-state index < -0.39 is 0 Å². The molecule has 3 nitrogen and oxygen atoms in total. The van der Waals surface area contributed by atoms with Crippen LogP contribution in [0.1, 0.15) is 29.3 Å². The van der Waals surface area contributed by atoms with Crippen LogP contribution in [-0.2, 0) is 6.42 Å². The molecule has 0 amide bonds. The summed E-state index contributed by atoms with van der Waals surface area (Å²) >= 11 is 11.9. The molecule has 0 aliphatic carbocycles. The first kappa shape index (κ1) is 16.8. The Kier molecular flexibility index (Phi) is 4.89. The van der Waals surface area contributed by atoms with Crippen LogP contribution in [0.5, 0.6) is 5.75 Å². The molecule has 1 aliphatic rings. The van der Waals surface area contributed by atoms with E-state index in [-0.39, 0.29) is 6.04 Å². The zero-order valence-corrected chi connectivity index (χ0v) is 15.3.